The predicted molar refractivity (Wildman–Crippen MR) is 89.6 cm³/mol. The fraction of sp³-hybridized carbons (Fsp3) is 0.588. The van der Waals surface area contributed by atoms with E-state index >= 15 is 0 Å². The van der Waals surface area contributed by atoms with Crippen LogP contribution < -0.4 is 10.1 Å². The molecule has 0 spiro atoms. The van der Waals surface area contributed by atoms with E-state index in [1.807, 2.05) is 31.3 Å². The van der Waals surface area contributed by atoms with Gasteiger partial charge in [-0.25, -0.2) is 0 Å². The van der Waals surface area contributed by atoms with E-state index in [4.69, 9.17) is 9.47 Å². The molecule has 1 fully saturated rings. The molecule has 2 rings (SSSR count). The summed E-state index contributed by atoms with van der Waals surface area (Å²) in [6, 6.07) is 7.77. The number of rotatable bonds is 7. The SMILES string of the molecule is COc1cccc(CN(C)C(=O)CNC[C@H]2CN(C)CCO2)c1. The van der Waals surface area contributed by atoms with Gasteiger partial charge in [-0.15, -0.1) is 0 Å². The minimum atomic E-state index is 0.0667. The lowest BCUT2D eigenvalue weighted by Gasteiger charge is -2.30. The van der Waals surface area contributed by atoms with E-state index in [0.717, 1.165) is 31.0 Å². The standard InChI is InChI=1S/C17H27N3O3/c1-19-7-8-23-16(13-19)10-18-11-17(21)20(2)12-14-5-4-6-15(9-14)22-3/h4-6,9,16,18H,7-8,10-13H2,1-3H3/t16-/m0/s1. The third kappa shape index (κ3) is 5.82. The van der Waals surface area contributed by atoms with Crippen LogP contribution in [0.5, 0.6) is 5.75 Å². The maximum absolute atomic E-state index is 12.2. The highest BCUT2D eigenvalue weighted by molar-refractivity contribution is 5.77. The van der Waals surface area contributed by atoms with Crippen molar-refractivity contribution in [1.82, 2.24) is 15.1 Å². The molecular weight excluding hydrogens is 294 g/mol. The molecule has 1 saturated heterocycles. The zero-order valence-electron chi connectivity index (χ0n) is 14.2. The topological polar surface area (TPSA) is 54.0 Å². The molecule has 0 unspecified atom stereocenters. The van der Waals surface area contributed by atoms with Crippen LogP contribution >= 0.6 is 0 Å². The predicted octanol–water partition coefficient (Wildman–Crippen LogP) is 0.574. The van der Waals surface area contributed by atoms with Crippen molar-refractivity contribution < 1.29 is 14.3 Å². The van der Waals surface area contributed by atoms with Gasteiger partial charge < -0.3 is 24.6 Å². The summed E-state index contributed by atoms with van der Waals surface area (Å²) in [6.45, 7) is 4.22. The molecule has 1 heterocycles. The second-order valence-electron chi connectivity index (χ2n) is 5.99. The fourth-order valence-corrected chi connectivity index (χ4v) is 2.60. The van der Waals surface area contributed by atoms with Crippen molar-refractivity contribution >= 4 is 5.91 Å². The van der Waals surface area contributed by atoms with Gasteiger partial charge in [0.1, 0.15) is 5.75 Å². The number of amides is 1. The van der Waals surface area contributed by atoms with Gasteiger partial charge in [-0.3, -0.25) is 4.79 Å². The molecule has 128 valence electrons. The number of likely N-dealkylation sites (N-methyl/N-ethyl adjacent to an activating group) is 2. The first-order valence-corrected chi connectivity index (χ1v) is 7.96. The lowest BCUT2D eigenvalue weighted by molar-refractivity contribution is -0.129. The van der Waals surface area contributed by atoms with Crippen LogP contribution in [0, 0.1) is 0 Å². The highest BCUT2D eigenvalue weighted by Gasteiger charge is 2.18. The average molecular weight is 321 g/mol. The normalized spacial score (nSPS) is 18.7. The number of nitrogens with zero attached hydrogens (tertiary/aromatic N) is 2. The number of carbonyl (C=O) groups excluding carboxylic acids is 1. The summed E-state index contributed by atoms with van der Waals surface area (Å²) in [5.41, 5.74) is 1.05. The molecule has 1 amide bonds. The Hall–Kier alpha value is -1.63. The molecular formula is C17H27N3O3. The first kappa shape index (κ1) is 17.7. The number of carbonyl (C=O) groups is 1. The van der Waals surface area contributed by atoms with E-state index in [9.17, 15) is 4.79 Å². The number of benzene rings is 1. The Morgan fingerprint density at radius 2 is 2.35 bits per heavy atom. The summed E-state index contributed by atoms with van der Waals surface area (Å²) in [6.07, 6.45) is 0.158. The van der Waals surface area contributed by atoms with Crippen LogP contribution in [0.4, 0.5) is 0 Å². The van der Waals surface area contributed by atoms with Gasteiger partial charge >= 0.3 is 0 Å². The van der Waals surface area contributed by atoms with Gasteiger partial charge in [0, 0.05) is 33.2 Å². The van der Waals surface area contributed by atoms with E-state index in [1.165, 1.54) is 0 Å². The van der Waals surface area contributed by atoms with Gasteiger partial charge in [0.2, 0.25) is 5.91 Å². The Balaban J connectivity index is 1.72. The summed E-state index contributed by atoms with van der Waals surface area (Å²) in [4.78, 5) is 16.1. The van der Waals surface area contributed by atoms with Gasteiger partial charge in [-0.1, -0.05) is 12.1 Å². The van der Waals surface area contributed by atoms with Gasteiger partial charge in [0.05, 0.1) is 26.4 Å². The molecule has 1 aromatic rings. The van der Waals surface area contributed by atoms with Crippen molar-refractivity contribution in [3.63, 3.8) is 0 Å². The largest absolute Gasteiger partial charge is 0.497 e. The monoisotopic (exact) mass is 321 g/mol. The molecule has 6 nitrogen and oxygen atoms in total. The van der Waals surface area contributed by atoms with Crippen molar-refractivity contribution in [3.05, 3.63) is 29.8 Å². The lowest BCUT2D eigenvalue weighted by atomic mass is 10.2. The average Bonchev–Trinajstić information content (AvgIpc) is 2.55. The van der Waals surface area contributed by atoms with E-state index in [1.54, 1.807) is 12.0 Å². The molecule has 0 aliphatic carbocycles. The Labute approximate surface area is 138 Å². The molecule has 0 aromatic heterocycles. The third-order valence-corrected chi connectivity index (χ3v) is 3.97. The van der Waals surface area contributed by atoms with Crippen molar-refractivity contribution in [1.29, 1.82) is 0 Å². The third-order valence-electron chi connectivity index (χ3n) is 3.97. The van der Waals surface area contributed by atoms with Crippen LogP contribution in [0.15, 0.2) is 24.3 Å². The summed E-state index contributed by atoms with van der Waals surface area (Å²) >= 11 is 0. The second kappa shape index (κ2) is 8.86. The van der Waals surface area contributed by atoms with Crippen LogP contribution in [-0.2, 0) is 16.1 Å². The molecule has 1 aromatic carbocycles. The molecule has 0 radical (unpaired) electrons. The molecule has 1 atom stereocenters. The highest BCUT2D eigenvalue weighted by Crippen LogP contribution is 2.13. The summed E-state index contributed by atoms with van der Waals surface area (Å²) in [7, 11) is 5.54. The molecule has 1 aliphatic rings. The van der Waals surface area contributed by atoms with E-state index in [-0.39, 0.29) is 12.0 Å². The first-order chi connectivity index (χ1) is 11.1. The van der Waals surface area contributed by atoms with Gasteiger partial charge in [-0.2, -0.15) is 0 Å². The number of nitrogens with one attached hydrogen (secondary N) is 1. The van der Waals surface area contributed by atoms with E-state index < -0.39 is 0 Å². The van der Waals surface area contributed by atoms with Crippen LogP contribution in [0.1, 0.15) is 5.56 Å². The van der Waals surface area contributed by atoms with Crippen molar-refractivity contribution in [2.24, 2.45) is 0 Å². The molecule has 1 aliphatic heterocycles. The second-order valence-corrected chi connectivity index (χ2v) is 5.99. The molecule has 0 bridgehead atoms. The molecule has 0 saturated carbocycles. The van der Waals surface area contributed by atoms with Gasteiger partial charge in [0.15, 0.2) is 0 Å². The van der Waals surface area contributed by atoms with E-state index in [2.05, 4.69) is 17.3 Å². The first-order valence-electron chi connectivity index (χ1n) is 7.96. The molecule has 1 N–H and O–H groups in total. The minimum Gasteiger partial charge on any atom is -0.497 e. The Bertz CT molecular complexity index is 510. The van der Waals surface area contributed by atoms with Crippen LogP contribution in [0.25, 0.3) is 0 Å². The van der Waals surface area contributed by atoms with Crippen LogP contribution in [0.2, 0.25) is 0 Å². The zero-order valence-corrected chi connectivity index (χ0v) is 14.2. The Morgan fingerprint density at radius 3 is 3.09 bits per heavy atom. The number of hydrogen-bond donors (Lipinski definition) is 1. The zero-order chi connectivity index (χ0) is 16.7. The maximum Gasteiger partial charge on any atom is 0.236 e. The van der Waals surface area contributed by atoms with Crippen LogP contribution in [-0.4, -0.2) is 75.8 Å². The highest BCUT2D eigenvalue weighted by atomic mass is 16.5. The summed E-state index contributed by atoms with van der Waals surface area (Å²) in [5.74, 6) is 0.872. The number of hydrogen-bond acceptors (Lipinski definition) is 5. The summed E-state index contributed by atoms with van der Waals surface area (Å²) < 4.78 is 10.9. The Kier molecular flexibility index (Phi) is 6.83. The minimum absolute atomic E-state index is 0.0667. The quantitative estimate of drug-likeness (QED) is 0.796. The maximum atomic E-state index is 12.2. The number of methoxy groups -OCH3 is 1. The fourth-order valence-electron chi connectivity index (χ4n) is 2.60. The van der Waals surface area contributed by atoms with Crippen molar-refractivity contribution in [2.45, 2.75) is 12.6 Å². The lowest BCUT2D eigenvalue weighted by Crippen LogP contribution is -2.46. The van der Waals surface area contributed by atoms with Gasteiger partial charge in [-0.05, 0) is 24.7 Å². The number of ether oxygens (including phenoxy) is 2. The number of morpholine rings is 1. The molecule has 6 heteroatoms. The Morgan fingerprint density at radius 1 is 1.52 bits per heavy atom. The van der Waals surface area contributed by atoms with E-state index in [0.29, 0.717) is 19.6 Å². The van der Waals surface area contributed by atoms with Crippen LogP contribution in [0.3, 0.4) is 0 Å². The smallest absolute Gasteiger partial charge is 0.236 e. The summed E-state index contributed by atoms with van der Waals surface area (Å²) in [5, 5.41) is 3.20. The van der Waals surface area contributed by atoms with Crippen molar-refractivity contribution in [3.8, 4) is 5.75 Å². The van der Waals surface area contributed by atoms with Gasteiger partial charge in [0.25, 0.3) is 0 Å². The van der Waals surface area contributed by atoms with Crippen molar-refractivity contribution in [2.75, 3.05) is 54.0 Å². The molecule has 23 heavy (non-hydrogen) atoms.